The molecule has 2 unspecified atom stereocenters. The van der Waals surface area contributed by atoms with Crippen LogP contribution >= 0.6 is 0 Å². The Morgan fingerprint density at radius 1 is 1.00 bits per heavy atom. The van der Waals surface area contributed by atoms with E-state index in [1.807, 2.05) is 61.5 Å². The van der Waals surface area contributed by atoms with E-state index in [1.165, 1.54) is 0 Å². The molecule has 0 bridgehead atoms. The Bertz CT molecular complexity index is 889. The highest BCUT2D eigenvalue weighted by atomic mass is 16.5. The van der Waals surface area contributed by atoms with Crippen LogP contribution < -0.4 is 0 Å². The summed E-state index contributed by atoms with van der Waals surface area (Å²) in [5, 5.41) is 9.82. The number of carboxylic acids is 1. The highest BCUT2D eigenvalue weighted by molar-refractivity contribution is 5.90. The van der Waals surface area contributed by atoms with Crippen LogP contribution in [0.5, 0.6) is 0 Å². The van der Waals surface area contributed by atoms with E-state index in [9.17, 15) is 14.7 Å². The van der Waals surface area contributed by atoms with Gasteiger partial charge in [0.1, 0.15) is 0 Å². The molecule has 4 rings (SSSR count). The third kappa shape index (κ3) is 3.55. The fourth-order valence-corrected chi connectivity index (χ4v) is 4.99. The Kier molecular flexibility index (Phi) is 5.41. The number of ether oxygens (including phenoxy) is 1. The lowest BCUT2D eigenvalue weighted by atomic mass is 9.71. The van der Waals surface area contributed by atoms with Crippen LogP contribution in [0.15, 0.2) is 54.6 Å². The lowest BCUT2D eigenvalue weighted by Gasteiger charge is -2.40. The molecule has 2 aliphatic rings. The highest BCUT2D eigenvalue weighted by Gasteiger charge is 2.49. The first-order valence-electron chi connectivity index (χ1n) is 10.2. The fourth-order valence-electron chi connectivity index (χ4n) is 4.99. The topological polar surface area (TPSA) is 66.8 Å². The van der Waals surface area contributed by atoms with Crippen molar-refractivity contribution < 1.29 is 19.4 Å². The summed E-state index contributed by atoms with van der Waals surface area (Å²) in [5.41, 5.74) is 2.48. The van der Waals surface area contributed by atoms with Crippen molar-refractivity contribution in [1.29, 1.82) is 0 Å². The number of aliphatic carboxylic acids is 1. The van der Waals surface area contributed by atoms with E-state index in [0.29, 0.717) is 32.6 Å². The summed E-state index contributed by atoms with van der Waals surface area (Å²) in [6, 6.07) is 17.7. The number of nitrogens with zero attached hydrogens (tertiary/aromatic N) is 1. The van der Waals surface area contributed by atoms with Gasteiger partial charge in [0.2, 0.25) is 5.91 Å². The number of hydrogen-bond acceptors (Lipinski definition) is 3. The average Bonchev–Trinajstić information content (AvgIpc) is 3.20. The van der Waals surface area contributed by atoms with Crippen LogP contribution in [0.4, 0.5) is 0 Å². The Hall–Kier alpha value is -2.66. The van der Waals surface area contributed by atoms with Gasteiger partial charge < -0.3 is 14.7 Å². The number of likely N-dealkylation sites (tertiary alicyclic amines) is 1. The molecular weight excluding hydrogens is 366 g/mol. The van der Waals surface area contributed by atoms with Gasteiger partial charge in [-0.05, 0) is 36.5 Å². The average molecular weight is 393 g/mol. The number of rotatable bonds is 4. The smallest absolute Gasteiger partial charge is 0.308 e. The van der Waals surface area contributed by atoms with Crippen molar-refractivity contribution in [3.8, 4) is 0 Å². The second-order valence-corrected chi connectivity index (χ2v) is 8.18. The maximum Gasteiger partial charge on any atom is 0.308 e. The molecule has 1 N–H and O–H groups in total. The molecule has 2 atom stereocenters. The van der Waals surface area contributed by atoms with Crippen LogP contribution in [0.3, 0.4) is 0 Å². The molecule has 0 spiro atoms. The maximum atomic E-state index is 13.9. The summed E-state index contributed by atoms with van der Waals surface area (Å²) in [6.07, 6.45) is 1.25. The fraction of sp³-hybridized carbons (Fsp3) is 0.417. The summed E-state index contributed by atoms with van der Waals surface area (Å²) >= 11 is 0. The van der Waals surface area contributed by atoms with Gasteiger partial charge in [-0.3, -0.25) is 9.59 Å². The minimum atomic E-state index is -0.842. The van der Waals surface area contributed by atoms with E-state index in [0.717, 1.165) is 16.7 Å². The van der Waals surface area contributed by atoms with Gasteiger partial charge in [0.25, 0.3) is 0 Å². The summed E-state index contributed by atoms with van der Waals surface area (Å²) in [6.45, 7) is 3.81. The van der Waals surface area contributed by atoms with Crippen molar-refractivity contribution in [2.24, 2.45) is 5.92 Å². The molecule has 2 aromatic rings. The Labute approximate surface area is 171 Å². The standard InChI is InChI=1S/C24H27NO4/c1-17-7-5-6-10-21(17)24(11-13-29-14-12-24)23(28)25-15-19(20(16-25)22(26)27)18-8-3-2-4-9-18/h2-10,19-20H,11-16H2,1H3,(H,26,27). The monoisotopic (exact) mass is 393 g/mol. The number of benzene rings is 2. The highest BCUT2D eigenvalue weighted by Crippen LogP contribution is 2.41. The number of carboxylic acid groups (broad SMARTS) is 1. The first-order valence-corrected chi connectivity index (χ1v) is 10.2. The predicted molar refractivity (Wildman–Crippen MR) is 110 cm³/mol. The van der Waals surface area contributed by atoms with E-state index in [4.69, 9.17) is 4.74 Å². The molecule has 0 aliphatic carbocycles. The first-order chi connectivity index (χ1) is 14.0. The summed E-state index contributed by atoms with van der Waals surface area (Å²) < 4.78 is 5.58. The summed E-state index contributed by atoms with van der Waals surface area (Å²) in [7, 11) is 0. The number of amides is 1. The van der Waals surface area contributed by atoms with E-state index >= 15 is 0 Å². The Morgan fingerprint density at radius 2 is 1.66 bits per heavy atom. The number of hydrogen-bond donors (Lipinski definition) is 1. The van der Waals surface area contributed by atoms with Gasteiger partial charge in [0, 0.05) is 32.2 Å². The second kappa shape index (κ2) is 7.99. The lowest BCUT2D eigenvalue weighted by molar-refractivity contribution is -0.143. The molecule has 0 radical (unpaired) electrons. The molecule has 29 heavy (non-hydrogen) atoms. The molecule has 2 aromatic carbocycles. The van der Waals surface area contributed by atoms with Gasteiger partial charge >= 0.3 is 5.97 Å². The van der Waals surface area contributed by atoms with Gasteiger partial charge in [-0.15, -0.1) is 0 Å². The van der Waals surface area contributed by atoms with Crippen LogP contribution in [0, 0.1) is 12.8 Å². The minimum Gasteiger partial charge on any atom is -0.481 e. The number of aryl methyl sites for hydroxylation is 1. The summed E-state index contributed by atoms with van der Waals surface area (Å²) in [5.74, 6) is -1.58. The zero-order valence-corrected chi connectivity index (χ0v) is 16.7. The zero-order valence-electron chi connectivity index (χ0n) is 16.7. The van der Waals surface area contributed by atoms with Crippen molar-refractivity contribution in [3.63, 3.8) is 0 Å². The van der Waals surface area contributed by atoms with Crippen LogP contribution in [0.25, 0.3) is 0 Å². The molecule has 2 fully saturated rings. The van der Waals surface area contributed by atoms with Crippen LogP contribution in [-0.4, -0.2) is 48.2 Å². The molecule has 2 aliphatic heterocycles. The maximum absolute atomic E-state index is 13.9. The van der Waals surface area contributed by atoms with E-state index in [2.05, 4.69) is 0 Å². The number of carbonyl (C=O) groups is 2. The van der Waals surface area contributed by atoms with Crippen LogP contribution in [-0.2, 0) is 19.7 Å². The molecule has 5 heteroatoms. The molecule has 2 heterocycles. The second-order valence-electron chi connectivity index (χ2n) is 8.18. The van der Waals surface area contributed by atoms with Crippen molar-refractivity contribution in [1.82, 2.24) is 4.90 Å². The normalized spacial score (nSPS) is 23.7. The molecule has 1 amide bonds. The van der Waals surface area contributed by atoms with Gasteiger partial charge in [-0.25, -0.2) is 0 Å². The third-order valence-corrected chi connectivity index (χ3v) is 6.57. The largest absolute Gasteiger partial charge is 0.481 e. The van der Waals surface area contributed by atoms with Crippen molar-refractivity contribution in [2.75, 3.05) is 26.3 Å². The molecule has 152 valence electrons. The zero-order chi connectivity index (χ0) is 20.4. The SMILES string of the molecule is Cc1ccccc1C1(C(=O)N2CC(C(=O)O)C(c3ccccc3)C2)CCOCC1. The van der Waals surface area contributed by atoms with E-state index < -0.39 is 17.3 Å². The number of carbonyl (C=O) groups excluding carboxylic acids is 1. The van der Waals surface area contributed by atoms with Gasteiger partial charge in [0.15, 0.2) is 0 Å². The quantitative estimate of drug-likeness (QED) is 0.865. The first kappa shape index (κ1) is 19.6. The third-order valence-electron chi connectivity index (χ3n) is 6.57. The van der Waals surface area contributed by atoms with Gasteiger partial charge in [-0.1, -0.05) is 54.6 Å². The van der Waals surface area contributed by atoms with Crippen molar-refractivity contribution in [3.05, 3.63) is 71.3 Å². The van der Waals surface area contributed by atoms with Crippen molar-refractivity contribution in [2.45, 2.75) is 31.1 Å². The van der Waals surface area contributed by atoms with Crippen molar-refractivity contribution >= 4 is 11.9 Å². The van der Waals surface area contributed by atoms with Gasteiger partial charge in [0.05, 0.1) is 11.3 Å². The minimum absolute atomic E-state index is 0.0415. The van der Waals surface area contributed by atoms with Gasteiger partial charge in [-0.2, -0.15) is 0 Å². The molecular formula is C24H27NO4. The molecule has 2 saturated heterocycles. The Balaban J connectivity index is 1.68. The molecule has 0 saturated carbocycles. The van der Waals surface area contributed by atoms with Crippen LogP contribution in [0.2, 0.25) is 0 Å². The van der Waals surface area contributed by atoms with Crippen LogP contribution in [0.1, 0.15) is 35.4 Å². The molecule has 0 aromatic heterocycles. The van der Waals surface area contributed by atoms with E-state index in [1.54, 1.807) is 4.90 Å². The predicted octanol–water partition coefficient (Wildman–Crippen LogP) is 3.37. The molecule has 5 nitrogen and oxygen atoms in total. The summed E-state index contributed by atoms with van der Waals surface area (Å²) in [4.78, 5) is 27.7. The lowest BCUT2D eigenvalue weighted by Crippen LogP contribution is -2.49. The Morgan fingerprint density at radius 3 is 2.31 bits per heavy atom. The van der Waals surface area contributed by atoms with E-state index in [-0.39, 0.29) is 18.4 Å².